The largest absolute Gasteiger partial charge is 0.368 e. The molecule has 54 valence electrons. The molecule has 2 nitrogen and oxygen atoms in total. The molecule has 0 aliphatic carbocycles. The molecule has 0 saturated carbocycles. The number of alkyl halides is 1. The van der Waals surface area contributed by atoms with Crippen LogP contribution in [0.15, 0.2) is 0 Å². The smallest absolute Gasteiger partial charge is 0.155 e. The SMILES string of the molecule is OC1CCCC(CF)O1. The molecule has 1 saturated heterocycles. The molecule has 1 aliphatic rings. The van der Waals surface area contributed by atoms with E-state index >= 15 is 0 Å². The summed E-state index contributed by atoms with van der Waals surface area (Å²) in [6.45, 7) is -0.475. The highest BCUT2D eigenvalue weighted by atomic mass is 19.1. The molecular weight excluding hydrogens is 123 g/mol. The molecule has 1 rings (SSSR count). The van der Waals surface area contributed by atoms with Crippen LogP contribution in [0.1, 0.15) is 19.3 Å². The van der Waals surface area contributed by atoms with Gasteiger partial charge in [0.25, 0.3) is 0 Å². The molecule has 0 bridgehead atoms. The summed E-state index contributed by atoms with van der Waals surface area (Å²) < 4.78 is 16.6. The number of hydrogen-bond donors (Lipinski definition) is 1. The van der Waals surface area contributed by atoms with Crippen molar-refractivity contribution in [3.63, 3.8) is 0 Å². The van der Waals surface area contributed by atoms with Crippen LogP contribution in [-0.2, 0) is 4.74 Å². The standard InChI is InChI=1S/C6H11FO2/c7-4-5-2-1-3-6(8)9-5/h5-6,8H,1-4H2. The number of rotatable bonds is 1. The second-order valence-electron chi connectivity index (χ2n) is 2.30. The molecule has 0 spiro atoms. The molecule has 1 heterocycles. The average Bonchev–Trinajstić information content (AvgIpc) is 1.88. The molecule has 2 unspecified atom stereocenters. The van der Waals surface area contributed by atoms with Gasteiger partial charge < -0.3 is 9.84 Å². The lowest BCUT2D eigenvalue weighted by Crippen LogP contribution is -2.28. The van der Waals surface area contributed by atoms with Crippen molar-refractivity contribution in [2.24, 2.45) is 0 Å². The molecule has 0 amide bonds. The van der Waals surface area contributed by atoms with Gasteiger partial charge in [-0.3, -0.25) is 0 Å². The van der Waals surface area contributed by atoms with Crippen LogP contribution >= 0.6 is 0 Å². The van der Waals surface area contributed by atoms with Gasteiger partial charge in [0.2, 0.25) is 0 Å². The van der Waals surface area contributed by atoms with Gasteiger partial charge >= 0.3 is 0 Å². The van der Waals surface area contributed by atoms with Crippen LogP contribution in [0.5, 0.6) is 0 Å². The predicted octanol–water partition coefficient (Wildman–Crippen LogP) is 0.843. The number of aliphatic hydroxyl groups is 1. The topological polar surface area (TPSA) is 29.5 Å². The lowest BCUT2D eigenvalue weighted by molar-refractivity contribution is -0.166. The van der Waals surface area contributed by atoms with Crippen LogP contribution < -0.4 is 0 Å². The Balaban J connectivity index is 2.23. The number of hydrogen-bond acceptors (Lipinski definition) is 2. The highest BCUT2D eigenvalue weighted by molar-refractivity contribution is 4.63. The van der Waals surface area contributed by atoms with Gasteiger partial charge in [0, 0.05) is 0 Å². The molecule has 0 radical (unpaired) electrons. The van der Waals surface area contributed by atoms with E-state index in [0.717, 1.165) is 12.8 Å². The van der Waals surface area contributed by atoms with Crippen LogP contribution in [0, 0.1) is 0 Å². The Kier molecular flexibility index (Phi) is 2.42. The van der Waals surface area contributed by atoms with Gasteiger partial charge in [-0.25, -0.2) is 4.39 Å². The van der Waals surface area contributed by atoms with E-state index < -0.39 is 13.0 Å². The highest BCUT2D eigenvalue weighted by Crippen LogP contribution is 2.16. The molecule has 1 fully saturated rings. The third-order valence-corrected chi connectivity index (χ3v) is 1.50. The first-order chi connectivity index (χ1) is 4.33. The first-order valence-electron chi connectivity index (χ1n) is 3.22. The minimum absolute atomic E-state index is 0.353. The van der Waals surface area contributed by atoms with Gasteiger partial charge in [-0.15, -0.1) is 0 Å². The molecule has 9 heavy (non-hydrogen) atoms. The fourth-order valence-corrected chi connectivity index (χ4v) is 0.992. The van der Waals surface area contributed by atoms with Crippen molar-refractivity contribution in [3.05, 3.63) is 0 Å². The molecular formula is C6H11FO2. The van der Waals surface area contributed by atoms with Crippen molar-refractivity contribution in [1.29, 1.82) is 0 Å². The lowest BCUT2D eigenvalue weighted by Gasteiger charge is -2.24. The Hall–Kier alpha value is -0.150. The van der Waals surface area contributed by atoms with E-state index in [-0.39, 0.29) is 6.10 Å². The van der Waals surface area contributed by atoms with Gasteiger partial charge in [-0.1, -0.05) is 0 Å². The maximum Gasteiger partial charge on any atom is 0.155 e. The second-order valence-corrected chi connectivity index (χ2v) is 2.30. The fraction of sp³-hybridized carbons (Fsp3) is 1.00. The Morgan fingerprint density at radius 3 is 2.78 bits per heavy atom. The average molecular weight is 134 g/mol. The first-order valence-corrected chi connectivity index (χ1v) is 3.22. The Labute approximate surface area is 53.6 Å². The minimum atomic E-state index is -0.723. The van der Waals surface area contributed by atoms with E-state index in [1.807, 2.05) is 0 Å². The van der Waals surface area contributed by atoms with Crippen molar-refractivity contribution in [1.82, 2.24) is 0 Å². The summed E-state index contributed by atoms with van der Waals surface area (Å²) >= 11 is 0. The van der Waals surface area contributed by atoms with E-state index in [1.165, 1.54) is 0 Å². The van der Waals surface area contributed by atoms with E-state index in [0.29, 0.717) is 6.42 Å². The van der Waals surface area contributed by atoms with E-state index in [4.69, 9.17) is 9.84 Å². The fourth-order valence-electron chi connectivity index (χ4n) is 0.992. The van der Waals surface area contributed by atoms with Crippen molar-refractivity contribution < 1.29 is 14.2 Å². The van der Waals surface area contributed by atoms with Crippen LogP contribution in [0.4, 0.5) is 4.39 Å². The zero-order chi connectivity index (χ0) is 6.69. The van der Waals surface area contributed by atoms with Gasteiger partial charge in [-0.2, -0.15) is 0 Å². The second kappa shape index (κ2) is 3.13. The Morgan fingerprint density at radius 1 is 1.56 bits per heavy atom. The Morgan fingerprint density at radius 2 is 2.33 bits per heavy atom. The minimum Gasteiger partial charge on any atom is -0.368 e. The third-order valence-electron chi connectivity index (χ3n) is 1.50. The highest BCUT2D eigenvalue weighted by Gasteiger charge is 2.19. The Bertz CT molecular complexity index is 87.1. The van der Waals surface area contributed by atoms with Crippen LogP contribution in [0.25, 0.3) is 0 Å². The zero-order valence-corrected chi connectivity index (χ0v) is 5.22. The van der Waals surface area contributed by atoms with Gasteiger partial charge in [0.1, 0.15) is 6.67 Å². The molecule has 1 N–H and O–H groups in total. The van der Waals surface area contributed by atoms with Crippen molar-refractivity contribution in [2.75, 3.05) is 6.67 Å². The molecule has 0 aromatic heterocycles. The van der Waals surface area contributed by atoms with E-state index in [1.54, 1.807) is 0 Å². The lowest BCUT2D eigenvalue weighted by atomic mass is 10.1. The van der Waals surface area contributed by atoms with Gasteiger partial charge in [0.05, 0.1) is 6.10 Å². The summed E-state index contributed by atoms with van der Waals surface area (Å²) in [7, 11) is 0. The van der Waals surface area contributed by atoms with Crippen LogP contribution in [0.2, 0.25) is 0 Å². The van der Waals surface area contributed by atoms with Crippen molar-refractivity contribution in [2.45, 2.75) is 31.7 Å². The van der Waals surface area contributed by atoms with Gasteiger partial charge in [0.15, 0.2) is 6.29 Å². The zero-order valence-electron chi connectivity index (χ0n) is 5.22. The summed E-state index contributed by atoms with van der Waals surface area (Å²) in [5, 5.41) is 8.82. The number of ether oxygens (including phenoxy) is 1. The number of aliphatic hydroxyl groups excluding tert-OH is 1. The molecule has 1 aliphatic heterocycles. The third kappa shape index (κ3) is 1.91. The molecule has 0 aromatic carbocycles. The normalized spacial score (nSPS) is 36.7. The summed E-state index contributed by atoms with van der Waals surface area (Å²) in [4.78, 5) is 0. The van der Waals surface area contributed by atoms with Crippen molar-refractivity contribution in [3.8, 4) is 0 Å². The first kappa shape index (κ1) is 6.96. The summed E-state index contributed by atoms with van der Waals surface area (Å²) in [6.07, 6.45) is 1.19. The summed E-state index contributed by atoms with van der Waals surface area (Å²) in [6, 6.07) is 0. The van der Waals surface area contributed by atoms with E-state index in [2.05, 4.69) is 0 Å². The van der Waals surface area contributed by atoms with Crippen LogP contribution in [-0.4, -0.2) is 24.2 Å². The predicted molar refractivity (Wildman–Crippen MR) is 30.7 cm³/mol. The molecule has 2 atom stereocenters. The summed E-state index contributed by atoms with van der Waals surface area (Å²) in [5.74, 6) is 0. The number of halogens is 1. The maximum atomic E-state index is 11.8. The molecule has 3 heteroatoms. The quantitative estimate of drug-likeness (QED) is 0.576. The summed E-state index contributed by atoms with van der Waals surface area (Å²) in [5.41, 5.74) is 0. The molecule has 0 aromatic rings. The van der Waals surface area contributed by atoms with Gasteiger partial charge in [-0.05, 0) is 19.3 Å². The van der Waals surface area contributed by atoms with E-state index in [9.17, 15) is 4.39 Å². The maximum absolute atomic E-state index is 11.8. The van der Waals surface area contributed by atoms with Crippen LogP contribution in [0.3, 0.4) is 0 Å². The monoisotopic (exact) mass is 134 g/mol. The van der Waals surface area contributed by atoms with Crippen molar-refractivity contribution >= 4 is 0 Å².